The lowest BCUT2D eigenvalue weighted by Crippen LogP contribution is -2.16. The van der Waals surface area contributed by atoms with Gasteiger partial charge in [0.15, 0.2) is 12.4 Å². The van der Waals surface area contributed by atoms with E-state index in [1.54, 1.807) is 12.1 Å². The second-order valence-corrected chi connectivity index (χ2v) is 7.11. The van der Waals surface area contributed by atoms with Gasteiger partial charge in [-0.25, -0.2) is 4.79 Å². The molecule has 3 rings (SSSR count). The summed E-state index contributed by atoms with van der Waals surface area (Å²) in [4.78, 5) is 39.4. The van der Waals surface area contributed by atoms with Crippen LogP contribution in [0.5, 0.6) is 0 Å². The number of carbonyl (C=O) groups excluding carboxylic acids is 2. The first-order chi connectivity index (χ1) is 14.8. The van der Waals surface area contributed by atoms with E-state index in [4.69, 9.17) is 20.9 Å². The topological polar surface area (TPSA) is 137 Å². The minimum atomic E-state index is -0.713. The Morgan fingerprint density at radius 3 is 2.61 bits per heavy atom. The van der Waals surface area contributed by atoms with Gasteiger partial charge in [-0.3, -0.25) is 14.9 Å². The highest BCUT2D eigenvalue weighted by atomic mass is 35.5. The number of rotatable bonds is 7. The number of nitro groups is 1. The number of non-ortho nitro benzene ring substituents is 1. The molecule has 10 nitrogen and oxygen atoms in total. The molecular weight excluding hydrogens is 428 g/mol. The van der Waals surface area contributed by atoms with Gasteiger partial charge in [-0.15, -0.1) is 0 Å². The molecule has 1 amide bonds. The van der Waals surface area contributed by atoms with Crippen LogP contribution in [0.1, 0.15) is 52.2 Å². The van der Waals surface area contributed by atoms with Gasteiger partial charge in [0.05, 0.1) is 26.8 Å². The molecule has 1 N–H and O–H groups in total. The number of carbonyl (C=O) groups is 2. The van der Waals surface area contributed by atoms with E-state index in [-0.39, 0.29) is 45.9 Å². The lowest BCUT2D eigenvalue weighted by molar-refractivity contribution is -0.384. The summed E-state index contributed by atoms with van der Waals surface area (Å²) in [6.07, 6.45) is 0. The predicted molar refractivity (Wildman–Crippen MR) is 110 cm³/mol. The van der Waals surface area contributed by atoms with Crippen molar-refractivity contribution < 1.29 is 23.8 Å². The van der Waals surface area contributed by atoms with Gasteiger partial charge in [0.1, 0.15) is 0 Å². The molecule has 0 saturated heterocycles. The fourth-order valence-electron chi connectivity index (χ4n) is 2.53. The summed E-state index contributed by atoms with van der Waals surface area (Å²) in [5, 5.41) is 17.1. The normalized spacial score (nSPS) is 10.7. The van der Waals surface area contributed by atoms with Crippen LogP contribution in [0.3, 0.4) is 0 Å². The molecule has 0 bridgehead atoms. The van der Waals surface area contributed by atoms with Crippen LogP contribution < -0.4 is 5.32 Å². The van der Waals surface area contributed by atoms with Crippen LogP contribution in [0.25, 0.3) is 0 Å². The lowest BCUT2D eigenvalue weighted by atomic mass is 10.1. The average molecular weight is 445 g/mol. The minimum absolute atomic E-state index is 0.0162. The summed E-state index contributed by atoms with van der Waals surface area (Å²) < 4.78 is 10.2. The number of para-hydroxylation sites is 1. The van der Waals surface area contributed by atoms with Crippen molar-refractivity contribution in [1.29, 1.82) is 0 Å². The second-order valence-electron chi connectivity index (χ2n) is 6.70. The zero-order valence-electron chi connectivity index (χ0n) is 16.5. The summed E-state index contributed by atoms with van der Waals surface area (Å²) in [5.74, 6) is -0.640. The first-order valence-corrected chi connectivity index (χ1v) is 9.48. The number of hydrogen-bond acceptors (Lipinski definition) is 8. The molecule has 0 aliphatic carbocycles. The van der Waals surface area contributed by atoms with E-state index >= 15 is 0 Å². The Kier molecular flexibility index (Phi) is 6.61. The Morgan fingerprint density at radius 2 is 1.97 bits per heavy atom. The highest BCUT2D eigenvalue weighted by molar-refractivity contribution is 6.34. The number of ether oxygens (including phenoxy) is 1. The molecule has 0 radical (unpaired) electrons. The molecule has 31 heavy (non-hydrogen) atoms. The summed E-state index contributed by atoms with van der Waals surface area (Å²) >= 11 is 6.00. The number of anilines is 1. The molecule has 0 saturated carbocycles. The molecule has 1 heterocycles. The summed E-state index contributed by atoms with van der Waals surface area (Å²) in [6, 6.07) is 9.69. The molecule has 0 aliphatic heterocycles. The zero-order valence-corrected chi connectivity index (χ0v) is 17.3. The fourth-order valence-corrected chi connectivity index (χ4v) is 2.79. The smallest absolute Gasteiger partial charge is 0.340 e. The van der Waals surface area contributed by atoms with Gasteiger partial charge in [0.25, 0.3) is 17.5 Å². The third-order valence-corrected chi connectivity index (χ3v) is 4.44. The number of amides is 1. The zero-order chi connectivity index (χ0) is 22.5. The number of hydrogen-bond donors (Lipinski definition) is 1. The van der Waals surface area contributed by atoms with Crippen LogP contribution in [0.2, 0.25) is 5.02 Å². The minimum Gasteiger partial charge on any atom is -0.452 e. The highest BCUT2D eigenvalue weighted by Gasteiger charge is 2.19. The molecule has 3 aromatic rings. The van der Waals surface area contributed by atoms with Gasteiger partial charge in [0, 0.05) is 18.1 Å². The maximum Gasteiger partial charge on any atom is 0.340 e. The van der Waals surface area contributed by atoms with Gasteiger partial charge in [-0.1, -0.05) is 42.7 Å². The molecule has 0 fully saturated rings. The van der Waals surface area contributed by atoms with Gasteiger partial charge in [-0.05, 0) is 18.2 Å². The Balaban J connectivity index is 1.73. The van der Waals surface area contributed by atoms with Crippen LogP contribution in [0.4, 0.5) is 11.4 Å². The van der Waals surface area contributed by atoms with E-state index in [2.05, 4.69) is 15.5 Å². The first-order valence-electron chi connectivity index (χ1n) is 9.10. The van der Waals surface area contributed by atoms with Crippen LogP contribution in [0, 0.1) is 10.1 Å². The summed E-state index contributed by atoms with van der Waals surface area (Å²) in [6.45, 7) is 3.57. The lowest BCUT2D eigenvalue weighted by Gasteiger charge is -2.11. The van der Waals surface area contributed by atoms with Crippen molar-refractivity contribution in [2.24, 2.45) is 0 Å². The van der Waals surface area contributed by atoms with Gasteiger partial charge >= 0.3 is 5.97 Å². The molecule has 0 aliphatic rings. The van der Waals surface area contributed by atoms with Crippen molar-refractivity contribution in [3.63, 3.8) is 0 Å². The SMILES string of the molecule is CC(C)c1noc(COC(=O)c2ccccc2NC(=O)c2ccc([N+](=O)[O-])cc2Cl)n1. The van der Waals surface area contributed by atoms with Crippen molar-refractivity contribution in [3.05, 3.63) is 80.4 Å². The van der Waals surface area contributed by atoms with E-state index < -0.39 is 16.8 Å². The van der Waals surface area contributed by atoms with Crippen LogP contribution >= 0.6 is 11.6 Å². The first kappa shape index (κ1) is 21.9. The van der Waals surface area contributed by atoms with Crippen LogP contribution in [0.15, 0.2) is 47.0 Å². The van der Waals surface area contributed by atoms with Crippen molar-refractivity contribution in [3.8, 4) is 0 Å². The maximum absolute atomic E-state index is 12.6. The molecular formula is C20H17ClN4O6. The predicted octanol–water partition coefficient (Wildman–Crippen LogP) is 4.36. The Hall–Kier alpha value is -3.79. The van der Waals surface area contributed by atoms with E-state index in [1.807, 2.05) is 13.8 Å². The molecule has 160 valence electrons. The molecule has 0 unspecified atom stereocenters. The molecule has 0 atom stereocenters. The Bertz CT molecular complexity index is 1140. The van der Waals surface area contributed by atoms with Crippen molar-refractivity contribution in [1.82, 2.24) is 10.1 Å². The van der Waals surface area contributed by atoms with E-state index in [0.29, 0.717) is 5.82 Å². The van der Waals surface area contributed by atoms with Crippen LogP contribution in [-0.4, -0.2) is 26.9 Å². The van der Waals surface area contributed by atoms with Gasteiger partial charge in [-0.2, -0.15) is 4.98 Å². The molecule has 0 spiro atoms. The van der Waals surface area contributed by atoms with Gasteiger partial charge < -0.3 is 14.6 Å². The highest BCUT2D eigenvalue weighted by Crippen LogP contribution is 2.24. The number of nitrogens with zero attached hydrogens (tertiary/aromatic N) is 3. The summed E-state index contributed by atoms with van der Waals surface area (Å²) in [5.41, 5.74) is 0.0486. The number of benzene rings is 2. The van der Waals surface area contributed by atoms with E-state index in [0.717, 1.165) is 12.1 Å². The molecule has 2 aromatic carbocycles. The van der Waals surface area contributed by atoms with Crippen molar-refractivity contribution in [2.45, 2.75) is 26.4 Å². The van der Waals surface area contributed by atoms with Crippen molar-refractivity contribution >= 4 is 34.9 Å². The van der Waals surface area contributed by atoms with E-state index in [9.17, 15) is 19.7 Å². The number of nitro benzene ring substituents is 1. The number of halogens is 1. The monoisotopic (exact) mass is 444 g/mol. The third-order valence-electron chi connectivity index (χ3n) is 4.13. The summed E-state index contributed by atoms with van der Waals surface area (Å²) in [7, 11) is 0. The van der Waals surface area contributed by atoms with Crippen molar-refractivity contribution in [2.75, 3.05) is 5.32 Å². The van der Waals surface area contributed by atoms with E-state index in [1.165, 1.54) is 18.2 Å². The largest absolute Gasteiger partial charge is 0.452 e. The molecule has 11 heteroatoms. The number of nitrogens with one attached hydrogen (secondary N) is 1. The standard InChI is InChI=1S/C20H17ClN4O6/c1-11(2)18-23-17(31-24-18)10-30-20(27)14-5-3-4-6-16(14)22-19(26)13-8-7-12(25(28)29)9-15(13)21/h3-9,11H,10H2,1-2H3,(H,22,26). The second kappa shape index (κ2) is 9.35. The number of aromatic nitrogens is 2. The van der Waals surface area contributed by atoms with Gasteiger partial charge in [0.2, 0.25) is 0 Å². The Morgan fingerprint density at radius 1 is 1.23 bits per heavy atom. The fraction of sp³-hybridized carbons (Fsp3) is 0.200. The third kappa shape index (κ3) is 5.23. The maximum atomic E-state index is 12.6. The average Bonchev–Trinajstić information content (AvgIpc) is 3.21. The van der Waals surface area contributed by atoms with Crippen LogP contribution in [-0.2, 0) is 11.3 Å². The molecule has 1 aromatic heterocycles. The Labute approximate surface area is 181 Å². The number of esters is 1. The quantitative estimate of drug-likeness (QED) is 0.322.